The predicted molar refractivity (Wildman–Crippen MR) is 127 cm³/mol. The van der Waals surface area contributed by atoms with Gasteiger partial charge < -0.3 is 14.8 Å². The van der Waals surface area contributed by atoms with Gasteiger partial charge in [0.25, 0.3) is 0 Å². The number of primary sulfonamides is 1. The lowest BCUT2D eigenvalue weighted by molar-refractivity contribution is 0.284. The zero-order chi connectivity index (χ0) is 23.1. The van der Waals surface area contributed by atoms with Gasteiger partial charge in [0.15, 0.2) is 11.5 Å². The molecule has 3 rings (SSSR count). The third-order valence-electron chi connectivity index (χ3n) is 4.97. The molecule has 0 fully saturated rings. The predicted octanol–water partition coefficient (Wildman–Crippen LogP) is 4.22. The van der Waals surface area contributed by atoms with Gasteiger partial charge in [-0.2, -0.15) is 0 Å². The monoisotopic (exact) mass is 474 g/mol. The molecule has 0 atom stereocenters. The molecule has 0 aliphatic carbocycles. The fourth-order valence-corrected chi connectivity index (χ4v) is 3.99. The van der Waals surface area contributed by atoms with Gasteiger partial charge in [-0.3, -0.25) is 0 Å². The van der Waals surface area contributed by atoms with E-state index < -0.39 is 10.0 Å². The number of hydrogen-bond donors (Lipinski definition) is 2. The van der Waals surface area contributed by atoms with Crippen molar-refractivity contribution in [2.24, 2.45) is 5.14 Å². The Labute approximate surface area is 194 Å². The molecule has 3 aromatic carbocycles. The lowest BCUT2D eigenvalue weighted by atomic mass is 10.1. The van der Waals surface area contributed by atoms with Crippen LogP contribution in [0, 0.1) is 6.92 Å². The van der Waals surface area contributed by atoms with Gasteiger partial charge in [-0.25, -0.2) is 13.6 Å². The van der Waals surface area contributed by atoms with Crippen LogP contribution in [0.2, 0.25) is 5.02 Å². The Bertz CT molecular complexity index is 1170. The molecule has 0 saturated carbocycles. The van der Waals surface area contributed by atoms with Crippen molar-refractivity contribution in [3.63, 3.8) is 0 Å². The molecule has 170 valence electrons. The van der Waals surface area contributed by atoms with E-state index in [1.807, 2.05) is 31.2 Å². The first-order chi connectivity index (χ1) is 15.3. The van der Waals surface area contributed by atoms with Crippen molar-refractivity contribution in [2.45, 2.75) is 31.4 Å². The average Bonchev–Trinajstić information content (AvgIpc) is 2.76. The SMILES string of the molecule is COc1cc(CNCCc2ccc(S(N)(=O)=O)cc2)c(Cl)cc1OCc1cccc(C)c1. The number of nitrogens with two attached hydrogens (primary N) is 1. The lowest BCUT2D eigenvalue weighted by Crippen LogP contribution is -2.17. The number of aryl methyl sites for hydroxylation is 1. The number of sulfonamides is 1. The zero-order valence-electron chi connectivity index (χ0n) is 18.1. The molecule has 0 aliphatic heterocycles. The van der Waals surface area contributed by atoms with Crippen LogP contribution in [0.25, 0.3) is 0 Å². The maximum absolute atomic E-state index is 11.3. The molecule has 6 nitrogen and oxygen atoms in total. The summed E-state index contributed by atoms with van der Waals surface area (Å²) in [5.41, 5.74) is 4.16. The summed E-state index contributed by atoms with van der Waals surface area (Å²) in [5.74, 6) is 1.22. The lowest BCUT2D eigenvalue weighted by Gasteiger charge is -2.14. The molecule has 0 unspecified atom stereocenters. The van der Waals surface area contributed by atoms with Crippen molar-refractivity contribution in [2.75, 3.05) is 13.7 Å². The second-order valence-electron chi connectivity index (χ2n) is 7.49. The Morgan fingerprint density at radius 3 is 2.41 bits per heavy atom. The van der Waals surface area contributed by atoms with Crippen LogP contribution < -0.4 is 19.9 Å². The van der Waals surface area contributed by atoms with Gasteiger partial charge >= 0.3 is 0 Å². The summed E-state index contributed by atoms with van der Waals surface area (Å²) in [6.07, 6.45) is 0.733. The highest BCUT2D eigenvalue weighted by atomic mass is 35.5. The molecule has 3 aromatic rings. The maximum atomic E-state index is 11.3. The van der Waals surface area contributed by atoms with E-state index in [2.05, 4.69) is 11.4 Å². The number of hydrogen-bond acceptors (Lipinski definition) is 5. The van der Waals surface area contributed by atoms with Gasteiger partial charge in [-0.1, -0.05) is 53.6 Å². The standard InChI is InChI=1S/C24H27ClN2O4S/c1-17-4-3-5-19(12-17)16-31-24-14-22(25)20(13-23(24)30-2)15-27-11-10-18-6-8-21(9-7-18)32(26,28)29/h3-9,12-14,27H,10-11,15-16H2,1-2H3,(H2,26,28,29). The van der Waals surface area contributed by atoms with Crippen LogP contribution in [-0.4, -0.2) is 22.1 Å². The highest BCUT2D eigenvalue weighted by molar-refractivity contribution is 7.89. The van der Waals surface area contributed by atoms with Gasteiger partial charge in [-0.05, 0) is 54.8 Å². The third-order valence-corrected chi connectivity index (χ3v) is 6.25. The number of ether oxygens (including phenoxy) is 2. The molecule has 8 heteroatoms. The molecule has 0 heterocycles. The van der Waals surface area contributed by atoms with Crippen LogP contribution in [-0.2, 0) is 29.6 Å². The minimum Gasteiger partial charge on any atom is -0.493 e. The van der Waals surface area contributed by atoms with Crippen molar-refractivity contribution in [3.8, 4) is 11.5 Å². The number of halogens is 1. The maximum Gasteiger partial charge on any atom is 0.238 e. The van der Waals surface area contributed by atoms with Gasteiger partial charge in [0.05, 0.1) is 12.0 Å². The van der Waals surface area contributed by atoms with Crippen LogP contribution in [0.5, 0.6) is 11.5 Å². The smallest absolute Gasteiger partial charge is 0.238 e. The molecular weight excluding hydrogens is 448 g/mol. The summed E-state index contributed by atoms with van der Waals surface area (Å²) < 4.78 is 34.1. The van der Waals surface area contributed by atoms with Crippen molar-refractivity contribution in [1.29, 1.82) is 0 Å². The molecule has 0 spiro atoms. The molecule has 0 aromatic heterocycles. The second kappa shape index (κ2) is 10.8. The molecule has 0 saturated heterocycles. The van der Waals surface area contributed by atoms with Gasteiger partial charge in [-0.15, -0.1) is 0 Å². The van der Waals surface area contributed by atoms with E-state index in [0.29, 0.717) is 36.2 Å². The molecular formula is C24H27ClN2O4S. The van der Waals surface area contributed by atoms with Gasteiger partial charge in [0.2, 0.25) is 10.0 Å². The number of nitrogens with one attached hydrogen (secondary N) is 1. The molecule has 0 bridgehead atoms. The van der Waals surface area contributed by atoms with E-state index in [1.165, 1.54) is 17.7 Å². The quantitative estimate of drug-likeness (QED) is 0.429. The summed E-state index contributed by atoms with van der Waals surface area (Å²) >= 11 is 6.48. The molecule has 32 heavy (non-hydrogen) atoms. The molecule has 0 amide bonds. The summed E-state index contributed by atoms with van der Waals surface area (Å²) in [6, 6.07) is 18.3. The second-order valence-corrected chi connectivity index (χ2v) is 9.46. The normalized spacial score (nSPS) is 11.4. The van der Waals surface area contributed by atoms with Crippen molar-refractivity contribution >= 4 is 21.6 Å². The Morgan fingerprint density at radius 1 is 1.00 bits per heavy atom. The number of benzene rings is 3. The van der Waals surface area contributed by atoms with Crippen molar-refractivity contribution < 1.29 is 17.9 Å². The van der Waals surface area contributed by atoms with Crippen LogP contribution in [0.3, 0.4) is 0 Å². The number of methoxy groups -OCH3 is 1. The van der Waals surface area contributed by atoms with Crippen LogP contribution in [0.4, 0.5) is 0 Å². The summed E-state index contributed by atoms with van der Waals surface area (Å²) in [7, 11) is -2.07. The van der Waals surface area contributed by atoms with Gasteiger partial charge in [0.1, 0.15) is 6.61 Å². The first-order valence-corrected chi connectivity index (χ1v) is 12.1. The van der Waals surface area contributed by atoms with Gasteiger partial charge in [0, 0.05) is 17.6 Å². The summed E-state index contributed by atoms with van der Waals surface area (Å²) in [4.78, 5) is 0.109. The largest absolute Gasteiger partial charge is 0.493 e. The van der Waals surface area contributed by atoms with Crippen molar-refractivity contribution in [1.82, 2.24) is 5.32 Å². The first-order valence-electron chi connectivity index (χ1n) is 10.1. The molecule has 0 aliphatic rings. The van der Waals surface area contributed by atoms with E-state index in [-0.39, 0.29) is 4.90 Å². The topological polar surface area (TPSA) is 90.6 Å². The first kappa shape index (κ1) is 24.1. The molecule has 3 N–H and O–H groups in total. The summed E-state index contributed by atoms with van der Waals surface area (Å²) in [5, 5.41) is 9.06. The van der Waals surface area contributed by atoms with Crippen molar-refractivity contribution in [3.05, 3.63) is 87.9 Å². The van der Waals surface area contributed by atoms with Crippen LogP contribution >= 0.6 is 11.6 Å². The minimum absolute atomic E-state index is 0.109. The third kappa shape index (κ3) is 6.71. The van der Waals surface area contributed by atoms with E-state index in [1.54, 1.807) is 25.3 Å². The fraction of sp³-hybridized carbons (Fsp3) is 0.250. The fourth-order valence-electron chi connectivity index (χ4n) is 3.25. The highest BCUT2D eigenvalue weighted by Gasteiger charge is 2.11. The zero-order valence-corrected chi connectivity index (χ0v) is 19.7. The van der Waals surface area contributed by atoms with E-state index in [0.717, 1.165) is 23.1 Å². The van der Waals surface area contributed by atoms with E-state index >= 15 is 0 Å². The summed E-state index contributed by atoms with van der Waals surface area (Å²) in [6.45, 7) is 3.72. The van der Waals surface area contributed by atoms with E-state index in [9.17, 15) is 8.42 Å². The van der Waals surface area contributed by atoms with Crippen LogP contribution in [0.15, 0.2) is 65.6 Å². The Kier molecular flexibility index (Phi) is 8.15. The van der Waals surface area contributed by atoms with E-state index in [4.69, 9.17) is 26.2 Å². The minimum atomic E-state index is -3.67. The average molecular weight is 475 g/mol. The number of rotatable bonds is 10. The highest BCUT2D eigenvalue weighted by Crippen LogP contribution is 2.34. The van der Waals surface area contributed by atoms with Crippen LogP contribution in [0.1, 0.15) is 22.3 Å². The Balaban J connectivity index is 1.56. The Morgan fingerprint density at radius 2 is 1.75 bits per heavy atom. The Hall–Kier alpha value is -2.58. The molecule has 0 radical (unpaired) electrons.